The van der Waals surface area contributed by atoms with E-state index in [1.54, 1.807) is 0 Å². The molecular formula is C29H53NO6P+. The second kappa shape index (κ2) is 21.7. The van der Waals surface area contributed by atoms with Crippen LogP contribution in [0.2, 0.25) is 0 Å². The van der Waals surface area contributed by atoms with Gasteiger partial charge < -0.3 is 14.9 Å². The van der Waals surface area contributed by atoms with Crippen molar-refractivity contribution < 1.29 is 33.4 Å². The molecule has 8 heteroatoms. The van der Waals surface area contributed by atoms with Crippen LogP contribution >= 0.6 is 7.82 Å². The lowest BCUT2D eigenvalue weighted by Crippen LogP contribution is -2.79. The fourth-order valence-electron chi connectivity index (χ4n) is 4.20. The van der Waals surface area contributed by atoms with Gasteiger partial charge in [-0.15, -0.1) is 0 Å². The van der Waals surface area contributed by atoms with Crippen molar-refractivity contribution in [2.24, 2.45) is 5.92 Å². The lowest BCUT2D eigenvalue weighted by molar-refractivity contribution is -0.627. The number of quaternary nitrogens is 1. The molecule has 0 aliphatic heterocycles. The highest BCUT2D eigenvalue weighted by atomic mass is 31.2. The molecule has 7 nitrogen and oxygen atoms in total. The van der Waals surface area contributed by atoms with Crippen molar-refractivity contribution in [3.63, 3.8) is 0 Å². The standard InChI is InChI=1S/C29H52NO6P/c1-4-6-7-8-9-10-11-12-13-14-21-34-29-18-16-26(17-19-29)23-27(24-28(31)5-2)25-36-37(32,33)35-22-15-20-30-3/h16-19,27,30H,4-15,20-25H2,1-3H3,(H,32,33)/p+1. The number of phosphoric acid groups is 1. The number of carbonyl (C=O) groups excluding carboxylic acids is 1. The predicted octanol–water partition coefficient (Wildman–Crippen LogP) is 6.23. The molecule has 0 heterocycles. The molecule has 214 valence electrons. The maximum Gasteiger partial charge on any atom is 0.472 e. The molecule has 1 aromatic carbocycles. The van der Waals surface area contributed by atoms with E-state index in [1.165, 1.54) is 57.8 Å². The number of phosphoric ester groups is 1. The second-order valence-corrected chi connectivity index (χ2v) is 11.4. The zero-order chi connectivity index (χ0) is 27.2. The third-order valence-corrected chi connectivity index (χ3v) is 7.47. The van der Waals surface area contributed by atoms with Gasteiger partial charge in [0.1, 0.15) is 11.5 Å². The summed E-state index contributed by atoms with van der Waals surface area (Å²) in [6, 6.07) is 7.90. The molecule has 0 fully saturated rings. The number of rotatable bonds is 25. The Morgan fingerprint density at radius 3 is 2.11 bits per heavy atom. The smallest absolute Gasteiger partial charge is 0.472 e. The van der Waals surface area contributed by atoms with Crippen LogP contribution in [0, 0.1) is 5.92 Å². The molecule has 0 aliphatic carbocycles. The topological polar surface area (TPSA) is 98.7 Å². The molecule has 0 amide bonds. The van der Waals surface area contributed by atoms with Crippen LogP contribution in [-0.2, 0) is 24.8 Å². The maximum atomic E-state index is 12.2. The van der Waals surface area contributed by atoms with Crippen molar-refractivity contribution in [3.05, 3.63) is 29.8 Å². The Morgan fingerprint density at radius 2 is 1.51 bits per heavy atom. The van der Waals surface area contributed by atoms with Crippen molar-refractivity contribution in [1.29, 1.82) is 0 Å². The van der Waals surface area contributed by atoms with Crippen molar-refractivity contribution in [3.8, 4) is 5.75 Å². The van der Waals surface area contributed by atoms with Gasteiger partial charge in [-0.25, -0.2) is 4.57 Å². The van der Waals surface area contributed by atoms with Crippen molar-refractivity contribution in [2.45, 2.75) is 104 Å². The van der Waals surface area contributed by atoms with Crippen molar-refractivity contribution in [1.82, 2.24) is 0 Å². The minimum Gasteiger partial charge on any atom is -0.494 e. The van der Waals surface area contributed by atoms with E-state index in [-0.39, 0.29) is 24.9 Å². The first-order valence-corrected chi connectivity index (χ1v) is 16.0. The molecule has 0 bridgehead atoms. The summed E-state index contributed by atoms with van der Waals surface area (Å²) in [6.07, 6.45) is 15.0. The van der Waals surface area contributed by atoms with E-state index in [4.69, 9.17) is 13.8 Å². The van der Waals surface area contributed by atoms with E-state index in [1.807, 2.05) is 43.6 Å². The number of benzene rings is 1. The molecular weight excluding hydrogens is 489 g/mol. The molecule has 0 aliphatic rings. The van der Waals surface area contributed by atoms with E-state index in [2.05, 4.69) is 6.92 Å². The Morgan fingerprint density at radius 1 is 0.892 bits per heavy atom. The van der Waals surface area contributed by atoms with Crippen LogP contribution in [0.5, 0.6) is 5.75 Å². The Kier molecular flexibility index (Phi) is 19.8. The lowest BCUT2D eigenvalue weighted by Gasteiger charge is -2.19. The van der Waals surface area contributed by atoms with Gasteiger partial charge in [-0.3, -0.25) is 13.8 Å². The van der Waals surface area contributed by atoms with Gasteiger partial charge in [0.05, 0.1) is 33.4 Å². The highest BCUT2D eigenvalue weighted by Gasteiger charge is 2.24. The number of nitrogens with two attached hydrogens (primary N) is 1. The van der Waals surface area contributed by atoms with Gasteiger partial charge in [0.15, 0.2) is 0 Å². The van der Waals surface area contributed by atoms with Crippen LogP contribution in [-0.4, -0.2) is 44.1 Å². The maximum absolute atomic E-state index is 12.2. The summed E-state index contributed by atoms with van der Waals surface area (Å²) in [4.78, 5) is 22.0. The molecule has 0 radical (unpaired) electrons. The monoisotopic (exact) mass is 542 g/mol. The average molecular weight is 543 g/mol. The van der Waals surface area contributed by atoms with Gasteiger partial charge in [0.25, 0.3) is 0 Å². The van der Waals surface area contributed by atoms with Gasteiger partial charge in [0.2, 0.25) is 0 Å². The summed E-state index contributed by atoms with van der Waals surface area (Å²) in [5.41, 5.74) is 1.04. The molecule has 37 heavy (non-hydrogen) atoms. The molecule has 2 unspecified atom stereocenters. The Hall–Kier alpha value is -1.24. The highest BCUT2D eigenvalue weighted by molar-refractivity contribution is 7.47. The summed E-state index contributed by atoms with van der Waals surface area (Å²) in [5, 5.41) is 1.98. The third-order valence-electron chi connectivity index (χ3n) is 6.49. The Balaban J connectivity index is 2.36. The SMILES string of the molecule is CCCCCCCCCCCCOc1ccc(CC(COP(=O)(O)OCCC[NH2+]C)CC(=O)CC)cc1. The fourth-order valence-corrected chi connectivity index (χ4v) is 5.03. The van der Waals surface area contributed by atoms with Gasteiger partial charge >= 0.3 is 7.82 Å². The van der Waals surface area contributed by atoms with Crippen molar-refractivity contribution >= 4 is 13.6 Å². The van der Waals surface area contributed by atoms with Gasteiger partial charge in [-0.2, -0.15) is 0 Å². The largest absolute Gasteiger partial charge is 0.494 e. The van der Waals surface area contributed by atoms with Crippen LogP contribution in [0.4, 0.5) is 0 Å². The normalized spacial score (nSPS) is 13.8. The zero-order valence-electron chi connectivity index (χ0n) is 23.6. The summed E-state index contributed by atoms with van der Waals surface area (Å²) in [7, 11) is -2.20. The fraction of sp³-hybridized carbons (Fsp3) is 0.759. The third kappa shape index (κ3) is 18.6. The number of hydrogen-bond acceptors (Lipinski definition) is 5. The predicted molar refractivity (Wildman–Crippen MR) is 150 cm³/mol. The molecule has 2 atom stereocenters. The van der Waals surface area contributed by atoms with Gasteiger partial charge in [-0.1, -0.05) is 83.8 Å². The number of hydrogen-bond donors (Lipinski definition) is 2. The van der Waals surface area contributed by atoms with Gasteiger partial charge in [0, 0.05) is 19.3 Å². The number of ketones is 1. The number of Topliss-reactive ketones (excluding diaryl/α,β-unsaturated/α-hetero) is 1. The molecule has 0 aromatic heterocycles. The minimum absolute atomic E-state index is 0.00356. The van der Waals surface area contributed by atoms with E-state index in [9.17, 15) is 14.3 Å². The van der Waals surface area contributed by atoms with E-state index in [0.29, 0.717) is 25.7 Å². The molecule has 1 aromatic rings. The summed E-state index contributed by atoms with van der Waals surface area (Å²) in [5.74, 6) is 0.755. The summed E-state index contributed by atoms with van der Waals surface area (Å²) in [6.45, 7) is 5.77. The first-order chi connectivity index (χ1) is 17.9. The van der Waals surface area contributed by atoms with Crippen LogP contribution < -0.4 is 10.1 Å². The van der Waals surface area contributed by atoms with Crippen LogP contribution in [0.1, 0.15) is 103 Å². The van der Waals surface area contributed by atoms with Crippen LogP contribution in [0.15, 0.2) is 24.3 Å². The first-order valence-electron chi connectivity index (χ1n) is 14.5. The molecule has 1 rings (SSSR count). The molecule has 0 saturated carbocycles. The molecule has 3 N–H and O–H groups in total. The van der Waals surface area contributed by atoms with E-state index >= 15 is 0 Å². The number of unbranched alkanes of at least 4 members (excludes halogenated alkanes) is 9. The van der Waals surface area contributed by atoms with Crippen LogP contribution in [0.3, 0.4) is 0 Å². The lowest BCUT2D eigenvalue weighted by atomic mass is 9.94. The second-order valence-electron chi connectivity index (χ2n) is 9.99. The summed E-state index contributed by atoms with van der Waals surface area (Å²) >= 11 is 0. The van der Waals surface area contributed by atoms with Gasteiger partial charge in [-0.05, 0) is 36.5 Å². The highest BCUT2D eigenvalue weighted by Crippen LogP contribution is 2.44. The van der Waals surface area contributed by atoms with E-state index in [0.717, 1.165) is 30.9 Å². The van der Waals surface area contributed by atoms with E-state index < -0.39 is 7.82 Å². The number of carbonyl (C=O) groups is 1. The Bertz CT molecular complexity index is 742. The van der Waals surface area contributed by atoms with Crippen molar-refractivity contribution in [2.75, 3.05) is 33.4 Å². The zero-order valence-corrected chi connectivity index (χ0v) is 24.5. The average Bonchev–Trinajstić information content (AvgIpc) is 2.89. The summed E-state index contributed by atoms with van der Waals surface area (Å²) < 4.78 is 28.4. The molecule has 0 saturated heterocycles. The van der Waals surface area contributed by atoms with Crippen LogP contribution in [0.25, 0.3) is 0 Å². The molecule has 0 spiro atoms. The first kappa shape index (κ1) is 33.8. The minimum atomic E-state index is -4.13. The quantitative estimate of drug-likeness (QED) is 0.112. The number of ether oxygens (including phenoxy) is 1. The Labute approximate surface area is 225 Å².